The highest BCUT2D eigenvalue weighted by Gasteiger charge is 2.46. The van der Waals surface area contributed by atoms with Crippen LogP contribution in [-0.2, 0) is 19.1 Å². The van der Waals surface area contributed by atoms with E-state index in [1.807, 2.05) is 18.2 Å². The number of ether oxygens (including phenoxy) is 3. The second-order valence-corrected chi connectivity index (χ2v) is 7.87. The van der Waals surface area contributed by atoms with Gasteiger partial charge in [0.1, 0.15) is 17.6 Å². The molecule has 0 N–H and O–H groups in total. The van der Waals surface area contributed by atoms with E-state index in [2.05, 4.69) is 28.0 Å². The summed E-state index contributed by atoms with van der Waals surface area (Å²) in [6.45, 7) is 4.46. The first kappa shape index (κ1) is 20.1. The normalized spacial score (nSPS) is 22.7. The third-order valence-electron chi connectivity index (χ3n) is 4.78. The first-order chi connectivity index (χ1) is 13.0. The van der Waals surface area contributed by atoms with E-state index < -0.39 is 12.1 Å². The Hall–Kier alpha value is -1.60. The summed E-state index contributed by atoms with van der Waals surface area (Å²) in [5.41, 5.74) is 1.49. The van der Waals surface area contributed by atoms with E-state index in [0.29, 0.717) is 18.3 Å². The molecular weight excluding hydrogens is 414 g/mol. The maximum Gasteiger partial charge on any atom is 0.346 e. The number of carbonyl (C=O) groups excluding carboxylic acids is 1. The van der Waals surface area contributed by atoms with Crippen LogP contribution in [0.3, 0.4) is 0 Å². The molecule has 0 spiro atoms. The number of carbonyl (C=O) groups is 1. The number of benzene rings is 1. The van der Waals surface area contributed by atoms with Gasteiger partial charge in [0.05, 0.1) is 7.11 Å². The van der Waals surface area contributed by atoms with E-state index in [0.717, 1.165) is 41.4 Å². The lowest BCUT2D eigenvalue weighted by Gasteiger charge is -2.21. The zero-order valence-corrected chi connectivity index (χ0v) is 17.5. The summed E-state index contributed by atoms with van der Waals surface area (Å²) in [5.74, 6) is 0.613. The van der Waals surface area contributed by atoms with Gasteiger partial charge < -0.3 is 19.0 Å². The Bertz CT molecular complexity index is 704. The van der Waals surface area contributed by atoms with Gasteiger partial charge in [-0.1, -0.05) is 34.4 Å². The lowest BCUT2D eigenvalue weighted by atomic mass is 9.98. The molecule has 1 saturated carbocycles. The van der Waals surface area contributed by atoms with E-state index in [9.17, 15) is 4.79 Å². The number of esters is 1. The maximum atomic E-state index is 11.8. The Kier molecular flexibility index (Phi) is 6.76. The fourth-order valence-corrected chi connectivity index (χ4v) is 3.44. The minimum Gasteiger partial charge on any atom is -0.478 e. The number of hydrogen-bond acceptors (Lipinski definition) is 6. The van der Waals surface area contributed by atoms with Crippen molar-refractivity contribution in [1.29, 1.82) is 0 Å². The molecule has 2 aliphatic rings. The minimum absolute atomic E-state index is 0.0540. The molecule has 0 amide bonds. The zero-order valence-electron chi connectivity index (χ0n) is 15.9. The van der Waals surface area contributed by atoms with Crippen molar-refractivity contribution in [2.45, 2.75) is 57.8 Å². The van der Waals surface area contributed by atoms with Gasteiger partial charge in [0.25, 0.3) is 0 Å². The van der Waals surface area contributed by atoms with E-state index in [1.54, 1.807) is 6.92 Å². The summed E-state index contributed by atoms with van der Waals surface area (Å²) in [5, 5.41) is 4.36. The Balaban J connectivity index is 1.86. The van der Waals surface area contributed by atoms with Crippen LogP contribution in [0.2, 0.25) is 0 Å². The molecule has 0 radical (unpaired) electrons. The van der Waals surface area contributed by atoms with Crippen LogP contribution >= 0.6 is 15.9 Å². The molecule has 1 aliphatic heterocycles. The maximum absolute atomic E-state index is 11.8. The van der Waals surface area contributed by atoms with Crippen molar-refractivity contribution >= 4 is 27.6 Å². The molecule has 1 aliphatic carbocycles. The summed E-state index contributed by atoms with van der Waals surface area (Å²) in [4.78, 5) is 17.5. The number of unbranched alkanes of at least 4 members (excludes halogenated alkanes) is 1. The van der Waals surface area contributed by atoms with E-state index in [-0.39, 0.29) is 12.2 Å². The molecular formula is C20H26BrNO5. The van der Waals surface area contributed by atoms with Crippen LogP contribution in [0.4, 0.5) is 0 Å². The van der Waals surface area contributed by atoms with Crippen molar-refractivity contribution in [1.82, 2.24) is 0 Å². The van der Waals surface area contributed by atoms with Crippen LogP contribution < -0.4 is 4.74 Å². The van der Waals surface area contributed by atoms with Gasteiger partial charge in [0, 0.05) is 22.6 Å². The molecule has 7 heteroatoms. The third-order valence-corrected chi connectivity index (χ3v) is 5.27. The highest BCUT2D eigenvalue weighted by Crippen LogP contribution is 2.41. The predicted octanol–water partition coefficient (Wildman–Crippen LogP) is 4.09. The van der Waals surface area contributed by atoms with Crippen LogP contribution in [0.5, 0.6) is 5.75 Å². The van der Waals surface area contributed by atoms with Crippen molar-refractivity contribution in [2.24, 2.45) is 11.1 Å². The Labute approximate surface area is 168 Å². The monoisotopic (exact) mass is 439 g/mol. The van der Waals surface area contributed by atoms with Gasteiger partial charge in [-0.3, -0.25) is 0 Å². The standard InChI is InChI=1S/C20H26BrNO5/c1-4-5-10-25-19-17(22-27-18(19)13-6-7-13)15-11-14(21)8-9-16(15)26-12(2)20(23)24-3/h8-9,11-13,18-19H,4-7,10H2,1-3H3. The zero-order chi connectivity index (χ0) is 19.4. The van der Waals surface area contributed by atoms with Gasteiger partial charge in [-0.2, -0.15) is 0 Å². The van der Waals surface area contributed by atoms with Crippen molar-refractivity contribution < 1.29 is 23.8 Å². The average molecular weight is 440 g/mol. The first-order valence-electron chi connectivity index (χ1n) is 9.44. The van der Waals surface area contributed by atoms with Crippen LogP contribution in [0.25, 0.3) is 0 Å². The quantitative estimate of drug-likeness (QED) is 0.428. The van der Waals surface area contributed by atoms with Gasteiger partial charge in [-0.25, -0.2) is 4.79 Å². The number of oxime groups is 1. The smallest absolute Gasteiger partial charge is 0.346 e. The summed E-state index contributed by atoms with van der Waals surface area (Å²) in [7, 11) is 1.34. The summed E-state index contributed by atoms with van der Waals surface area (Å²) < 4.78 is 17.7. The lowest BCUT2D eigenvalue weighted by molar-refractivity contribution is -0.147. The minimum atomic E-state index is -0.725. The van der Waals surface area contributed by atoms with Gasteiger partial charge in [0.2, 0.25) is 0 Å². The fourth-order valence-electron chi connectivity index (χ4n) is 3.08. The van der Waals surface area contributed by atoms with E-state index in [1.165, 1.54) is 7.11 Å². The molecule has 148 valence electrons. The molecule has 1 aromatic carbocycles. The Morgan fingerprint density at radius 1 is 1.41 bits per heavy atom. The number of nitrogens with zero attached hydrogens (tertiary/aromatic N) is 1. The van der Waals surface area contributed by atoms with Gasteiger partial charge in [-0.15, -0.1) is 0 Å². The largest absolute Gasteiger partial charge is 0.478 e. The fraction of sp³-hybridized carbons (Fsp3) is 0.600. The predicted molar refractivity (Wildman–Crippen MR) is 105 cm³/mol. The van der Waals surface area contributed by atoms with Gasteiger partial charge >= 0.3 is 5.97 Å². The summed E-state index contributed by atoms with van der Waals surface area (Å²) >= 11 is 3.51. The molecule has 27 heavy (non-hydrogen) atoms. The molecule has 3 unspecified atom stereocenters. The number of rotatable bonds is 9. The molecule has 0 aromatic heterocycles. The first-order valence-corrected chi connectivity index (χ1v) is 10.2. The second-order valence-electron chi connectivity index (χ2n) is 6.95. The summed E-state index contributed by atoms with van der Waals surface area (Å²) in [6.07, 6.45) is 3.33. The average Bonchev–Trinajstić information content (AvgIpc) is 3.43. The number of halogens is 1. The lowest BCUT2D eigenvalue weighted by Crippen LogP contribution is -2.35. The SMILES string of the molecule is CCCCOC1C(c2cc(Br)ccc2OC(C)C(=O)OC)=NOC1C1CC1. The number of methoxy groups -OCH3 is 1. The van der Waals surface area contributed by atoms with E-state index in [4.69, 9.17) is 19.0 Å². The molecule has 1 fully saturated rings. The van der Waals surface area contributed by atoms with Crippen LogP contribution in [-0.4, -0.2) is 43.7 Å². The van der Waals surface area contributed by atoms with E-state index >= 15 is 0 Å². The Morgan fingerprint density at radius 3 is 2.85 bits per heavy atom. The molecule has 1 aromatic rings. The third kappa shape index (κ3) is 4.82. The van der Waals surface area contributed by atoms with Crippen LogP contribution in [0.1, 0.15) is 45.1 Å². The molecule has 0 saturated heterocycles. The molecule has 3 rings (SSSR count). The molecule has 3 atom stereocenters. The van der Waals surface area contributed by atoms with Crippen LogP contribution in [0.15, 0.2) is 27.8 Å². The highest BCUT2D eigenvalue weighted by molar-refractivity contribution is 9.10. The van der Waals surface area contributed by atoms with Crippen LogP contribution in [0, 0.1) is 5.92 Å². The number of hydrogen-bond donors (Lipinski definition) is 0. The Morgan fingerprint density at radius 2 is 2.19 bits per heavy atom. The molecule has 6 nitrogen and oxygen atoms in total. The summed E-state index contributed by atoms with van der Waals surface area (Å²) in [6, 6.07) is 5.60. The van der Waals surface area contributed by atoms with Crippen molar-refractivity contribution in [2.75, 3.05) is 13.7 Å². The van der Waals surface area contributed by atoms with Crippen molar-refractivity contribution in [3.8, 4) is 5.75 Å². The van der Waals surface area contributed by atoms with Crippen molar-refractivity contribution in [3.05, 3.63) is 28.2 Å². The second kappa shape index (κ2) is 9.06. The molecule has 1 heterocycles. The topological polar surface area (TPSA) is 66.4 Å². The van der Waals surface area contributed by atoms with Gasteiger partial charge in [-0.05, 0) is 44.4 Å². The van der Waals surface area contributed by atoms with Gasteiger partial charge in [0.15, 0.2) is 12.2 Å². The molecule has 0 bridgehead atoms. The highest BCUT2D eigenvalue weighted by atomic mass is 79.9. The van der Waals surface area contributed by atoms with Crippen molar-refractivity contribution in [3.63, 3.8) is 0 Å².